The number of hydrogen-bond donors (Lipinski definition) is 3. The molecule has 0 spiro atoms. The lowest BCUT2D eigenvalue weighted by molar-refractivity contribution is -0.161. The molecule has 0 aromatic rings. The lowest BCUT2D eigenvalue weighted by atomic mass is 10.0. The summed E-state index contributed by atoms with van der Waals surface area (Å²) in [5, 5.41) is 10.6. The summed E-state index contributed by atoms with van der Waals surface area (Å²) in [5.41, 5.74) is 0. The van der Waals surface area contributed by atoms with Gasteiger partial charge in [0.2, 0.25) is 0 Å². The van der Waals surface area contributed by atoms with E-state index in [4.69, 9.17) is 37.0 Å². The van der Waals surface area contributed by atoms with Gasteiger partial charge in [-0.25, -0.2) is 9.13 Å². The number of phosphoric acid groups is 2. The van der Waals surface area contributed by atoms with Crippen molar-refractivity contribution >= 4 is 39.5 Å². The van der Waals surface area contributed by atoms with Gasteiger partial charge >= 0.3 is 39.5 Å². The van der Waals surface area contributed by atoms with E-state index in [1.807, 2.05) is 0 Å². The number of carbonyl (C=O) groups excluding carboxylic acids is 4. The van der Waals surface area contributed by atoms with E-state index in [1.54, 1.807) is 0 Å². The minimum absolute atomic E-state index is 0.107. The van der Waals surface area contributed by atoms with Gasteiger partial charge in [0.25, 0.3) is 0 Å². The van der Waals surface area contributed by atoms with Crippen LogP contribution in [0.2, 0.25) is 0 Å². The van der Waals surface area contributed by atoms with Crippen LogP contribution in [0.1, 0.15) is 401 Å². The van der Waals surface area contributed by atoms with E-state index in [1.165, 1.54) is 218 Å². The Morgan fingerprint density at radius 3 is 0.716 bits per heavy atom. The summed E-state index contributed by atoms with van der Waals surface area (Å²) < 4.78 is 68.5. The largest absolute Gasteiger partial charge is 0.472 e. The van der Waals surface area contributed by atoms with Crippen molar-refractivity contribution in [2.24, 2.45) is 5.92 Å². The van der Waals surface area contributed by atoms with Crippen LogP contribution in [0.5, 0.6) is 0 Å². The predicted molar refractivity (Wildman–Crippen MR) is 386 cm³/mol. The Morgan fingerprint density at radius 1 is 0.284 bits per heavy atom. The molecular formula is C76H148O17P2. The van der Waals surface area contributed by atoms with Gasteiger partial charge in [-0.2, -0.15) is 0 Å². The summed E-state index contributed by atoms with van der Waals surface area (Å²) in [6, 6.07) is 0. The SMILES string of the molecule is CCCCCCCCCCCCCCCCCCCCCCCC(=O)O[C@H](COC(=O)CCCCCCCCCCCCCCC)COP(=O)(O)OC[C@@H](O)COP(=O)(O)OC[C@@H](COC(=O)CCCCCCCCCC(C)C)OC(=O)CCCCCCCCCCCCC. The molecule has 0 fully saturated rings. The standard InChI is InChI=1S/C76H148O17P2/c1-6-9-12-15-18-21-24-26-27-28-29-30-31-32-33-35-38-41-46-52-57-62-76(81)92-71(65-86-73(78)59-54-49-44-39-37-34-25-22-19-16-13-10-7-2)67-90-94(82,83)88-63-70(77)64-89-95(84,85)91-68-72(66-87-74(79)60-55-50-47-42-43-48-53-58-69(4)5)93-75(80)61-56-51-45-40-36-23-20-17-14-11-8-3/h69-72,77H,6-68H2,1-5H3,(H,82,83)(H,84,85)/t70-,71-,72-/m1/s1. The molecule has 0 aliphatic carbocycles. The molecule has 17 nitrogen and oxygen atoms in total. The molecule has 2 unspecified atom stereocenters. The highest BCUT2D eigenvalue weighted by molar-refractivity contribution is 7.47. The maximum Gasteiger partial charge on any atom is 0.472 e. The summed E-state index contributed by atoms with van der Waals surface area (Å²) in [7, 11) is -9.91. The molecule has 5 atom stereocenters. The van der Waals surface area contributed by atoms with Gasteiger partial charge in [0, 0.05) is 25.7 Å². The van der Waals surface area contributed by atoms with Gasteiger partial charge in [0.15, 0.2) is 12.2 Å². The highest BCUT2D eigenvalue weighted by Crippen LogP contribution is 2.45. The molecular weight excluding hydrogens is 1250 g/mol. The second-order valence-electron chi connectivity index (χ2n) is 27.9. The van der Waals surface area contributed by atoms with Crippen LogP contribution >= 0.6 is 15.6 Å². The maximum absolute atomic E-state index is 13.1. The van der Waals surface area contributed by atoms with Gasteiger partial charge in [-0.3, -0.25) is 37.3 Å². The molecule has 0 saturated heterocycles. The maximum atomic E-state index is 13.1. The smallest absolute Gasteiger partial charge is 0.462 e. The first-order valence-corrected chi connectivity index (χ1v) is 42.6. The fraction of sp³-hybridized carbons (Fsp3) is 0.947. The molecule has 19 heteroatoms. The van der Waals surface area contributed by atoms with Crippen molar-refractivity contribution in [2.45, 2.75) is 419 Å². The molecule has 564 valence electrons. The van der Waals surface area contributed by atoms with E-state index in [0.717, 1.165) is 96.3 Å². The number of hydrogen-bond acceptors (Lipinski definition) is 15. The van der Waals surface area contributed by atoms with E-state index < -0.39 is 97.5 Å². The first kappa shape index (κ1) is 93.1. The average Bonchev–Trinajstić information content (AvgIpc) is 1.94. The van der Waals surface area contributed by atoms with Gasteiger partial charge in [0.05, 0.1) is 26.4 Å². The van der Waals surface area contributed by atoms with Gasteiger partial charge in [0.1, 0.15) is 19.3 Å². The van der Waals surface area contributed by atoms with Crippen LogP contribution in [0.15, 0.2) is 0 Å². The molecule has 0 aliphatic rings. The molecule has 0 saturated carbocycles. The number of phosphoric ester groups is 2. The van der Waals surface area contributed by atoms with Gasteiger partial charge in [-0.1, -0.05) is 349 Å². The Bertz CT molecular complexity index is 1820. The predicted octanol–water partition coefficient (Wildman–Crippen LogP) is 22.5. The van der Waals surface area contributed by atoms with Crippen molar-refractivity contribution < 1.29 is 80.2 Å². The van der Waals surface area contributed by atoms with E-state index in [2.05, 4.69) is 34.6 Å². The molecule has 0 rings (SSSR count). The zero-order valence-corrected chi connectivity index (χ0v) is 63.6. The van der Waals surface area contributed by atoms with E-state index in [0.29, 0.717) is 31.6 Å². The molecule has 0 radical (unpaired) electrons. The van der Waals surface area contributed by atoms with Crippen LogP contribution in [0.25, 0.3) is 0 Å². The molecule has 0 heterocycles. The molecule has 3 N–H and O–H groups in total. The number of aliphatic hydroxyl groups excluding tert-OH is 1. The van der Waals surface area contributed by atoms with Gasteiger partial charge < -0.3 is 33.8 Å². The minimum Gasteiger partial charge on any atom is -0.462 e. The van der Waals surface area contributed by atoms with Crippen molar-refractivity contribution in [1.29, 1.82) is 0 Å². The highest BCUT2D eigenvalue weighted by atomic mass is 31.2. The minimum atomic E-state index is -4.96. The zero-order chi connectivity index (χ0) is 69.8. The van der Waals surface area contributed by atoms with Crippen molar-refractivity contribution in [2.75, 3.05) is 39.6 Å². The Labute approximate surface area is 581 Å². The van der Waals surface area contributed by atoms with Crippen molar-refractivity contribution in [3.63, 3.8) is 0 Å². The topological polar surface area (TPSA) is 237 Å². The van der Waals surface area contributed by atoms with Crippen LogP contribution in [-0.2, 0) is 65.4 Å². The summed E-state index contributed by atoms with van der Waals surface area (Å²) >= 11 is 0. The molecule has 0 aliphatic heterocycles. The Kier molecular flexibility index (Phi) is 67.7. The fourth-order valence-electron chi connectivity index (χ4n) is 11.7. The average molecular weight is 1400 g/mol. The van der Waals surface area contributed by atoms with Gasteiger partial charge in [-0.15, -0.1) is 0 Å². The summed E-state index contributed by atoms with van der Waals surface area (Å²) in [6.45, 7) is 7.23. The summed E-state index contributed by atoms with van der Waals surface area (Å²) in [6.07, 6.45) is 58.4. The van der Waals surface area contributed by atoms with Crippen molar-refractivity contribution in [3.8, 4) is 0 Å². The normalized spacial score (nSPS) is 13.9. The third-order valence-electron chi connectivity index (χ3n) is 17.8. The first-order valence-electron chi connectivity index (χ1n) is 39.6. The van der Waals surface area contributed by atoms with Crippen molar-refractivity contribution in [1.82, 2.24) is 0 Å². The van der Waals surface area contributed by atoms with E-state index in [9.17, 15) is 43.2 Å². The van der Waals surface area contributed by atoms with Gasteiger partial charge in [-0.05, 0) is 31.6 Å². The summed E-state index contributed by atoms with van der Waals surface area (Å²) in [5.74, 6) is -1.41. The Balaban J connectivity index is 5.19. The monoisotopic (exact) mass is 1400 g/mol. The first-order chi connectivity index (χ1) is 46.0. The third-order valence-corrected chi connectivity index (χ3v) is 19.7. The number of esters is 4. The molecule has 0 aromatic heterocycles. The zero-order valence-electron chi connectivity index (χ0n) is 61.8. The number of carbonyl (C=O) groups is 4. The summed E-state index contributed by atoms with van der Waals surface area (Å²) in [4.78, 5) is 72.7. The molecule has 0 aromatic carbocycles. The highest BCUT2D eigenvalue weighted by Gasteiger charge is 2.30. The van der Waals surface area contributed by atoms with Crippen LogP contribution in [0.4, 0.5) is 0 Å². The quantitative estimate of drug-likeness (QED) is 0.0222. The molecule has 0 bridgehead atoms. The Hall–Kier alpha value is -1.94. The van der Waals surface area contributed by atoms with E-state index in [-0.39, 0.29) is 25.7 Å². The number of unbranched alkanes of at least 4 members (excludes halogenated alkanes) is 48. The second kappa shape index (κ2) is 69.2. The third kappa shape index (κ3) is 70.3. The number of ether oxygens (including phenoxy) is 4. The second-order valence-corrected chi connectivity index (χ2v) is 30.8. The van der Waals surface area contributed by atoms with Crippen LogP contribution in [-0.4, -0.2) is 96.7 Å². The van der Waals surface area contributed by atoms with Crippen LogP contribution in [0.3, 0.4) is 0 Å². The van der Waals surface area contributed by atoms with Crippen LogP contribution in [0, 0.1) is 5.92 Å². The van der Waals surface area contributed by atoms with E-state index >= 15 is 0 Å². The fourth-order valence-corrected chi connectivity index (χ4v) is 13.3. The molecule has 95 heavy (non-hydrogen) atoms. The lowest BCUT2D eigenvalue weighted by Crippen LogP contribution is -2.30. The number of aliphatic hydroxyl groups is 1. The van der Waals surface area contributed by atoms with Crippen molar-refractivity contribution in [3.05, 3.63) is 0 Å². The van der Waals surface area contributed by atoms with Crippen LogP contribution < -0.4 is 0 Å². The Morgan fingerprint density at radius 2 is 0.484 bits per heavy atom. The lowest BCUT2D eigenvalue weighted by Gasteiger charge is -2.21. The number of rotatable bonds is 76. The molecule has 0 amide bonds.